The molecule has 1 aromatic rings. The number of rotatable bonds is 4. The molecule has 0 aromatic heterocycles. The van der Waals surface area contributed by atoms with Crippen LogP contribution >= 0.6 is 23.5 Å². The van der Waals surface area contributed by atoms with E-state index in [0.29, 0.717) is 22.7 Å². The Balaban J connectivity index is 1.90. The Labute approximate surface area is 102 Å². The van der Waals surface area contributed by atoms with Crippen molar-refractivity contribution in [3.8, 4) is 0 Å². The van der Waals surface area contributed by atoms with Gasteiger partial charge >= 0.3 is 0 Å². The maximum Gasteiger partial charge on any atom is 0.288 e. The molecule has 1 aliphatic heterocycles. The van der Waals surface area contributed by atoms with Crippen molar-refractivity contribution in [1.82, 2.24) is 0 Å². The highest BCUT2D eigenvalue weighted by Crippen LogP contribution is 2.27. The van der Waals surface area contributed by atoms with Gasteiger partial charge in [-0.25, -0.2) is 0 Å². The molecule has 0 radical (unpaired) electrons. The SMILES string of the molecule is FC(F)Sc1ccc(NC2CCSC2)cc1. The predicted octanol–water partition coefficient (Wildman–Crippen LogP) is 3.92. The molecule has 1 nitrogen and oxygen atoms in total. The van der Waals surface area contributed by atoms with Gasteiger partial charge in [0.15, 0.2) is 0 Å². The number of anilines is 1. The van der Waals surface area contributed by atoms with Crippen LogP contribution in [0.2, 0.25) is 0 Å². The van der Waals surface area contributed by atoms with Gasteiger partial charge in [-0.3, -0.25) is 0 Å². The highest BCUT2D eigenvalue weighted by atomic mass is 32.2. The van der Waals surface area contributed by atoms with E-state index in [9.17, 15) is 8.78 Å². The van der Waals surface area contributed by atoms with Crippen molar-refractivity contribution >= 4 is 29.2 Å². The lowest BCUT2D eigenvalue weighted by Gasteiger charge is -2.12. The molecular formula is C11H13F2NS2. The van der Waals surface area contributed by atoms with Crippen LogP contribution < -0.4 is 5.32 Å². The average molecular weight is 261 g/mol. The van der Waals surface area contributed by atoms with E-state index in [0.717, 1.165) is 11.4 Å². The molecule has 0 aliphatic carbocycles. The van der Waals surface area contributed by atoms with Gasteiger partial charge in [-0.05, 0) is 36.4 Å². The summed E-state index contributed by atoms with van der Waals surface area (Å²) in [4.78, 5) is 0.612. The summed E-state index contributed by atoms with van der Waals surface area (Å²) in [7, 11) is 0. The van der Waals surface area contributed by atoms with E-state index in [1.807, 2.05) is 23.9 Å². The van der Waals surface area contributed by atoms with Gasteiger partial charge < -0.3 is 5.32 Å². The Morgan fingerprint density at radius 1 is 1.31 bits per heavy atom. The van der Waals surface area contributed by atoms with Gasteiger partial charge in [-0.15, -0.1) is 0 Å². The van der Waals surface area contributed by atoms with Gasteiger partial charge in [0.25, 0.3) is 5.76 Å². The standard InChI is InChI=1S/C11H13F2NS2/c12-11(13)16-10-3-1-8(2-4-10)14-9-5-6-15-7-9/h1-4,9,11,14H,5-7H2. The van der Waals surface area contributed by atoms with Crippen LogP contribution in [-0.2, 0) is 0 Å². The fourth-order valence-corrected chi connectivity index (χ4v) is 3.27. The monoisotopic (exact) mass is 261 g/mol. The highest BCUT2D eigenvalue weighted by Gasteiger charge is 2.14. The molecular weight excluding hydrogens is 248 g/mol. The molecule has 0 saturated carbocycles. The maximum absolute atomic E-state index is 12.1. The minimum atomic E-state index is -2.34. The molecule has 1 heterocycles. The molecule has 0 spiro atoms. The molecule has 5 heteroatoms. The smallest absolute Gasteiger partial charge is 0.288 e. The summed E-state index contributed by atoms with van der Waals surface area (Å²) in [6.07, 6.45) is 1.18. The van der Waals surface area contributed by atoms with Crippen molar-refractivity contribution in [3.63, 3.8) is 0 Å². The number of nitrogens with one attached hydrogen (secondary N) is 1. The first-order valence-corrected chi connectivity index (χ1v) is 7.16. The lowest BCUT2D eigenvalue weighted by Crippen LogP contribution is -2.17. The Bertz CT molecular complexity index is 323. The lowest BCUT2D eigenvalue weighted by atomic mass is 10.2. The van der Waals surface area contributed by atoms with Gasteiger partial charge in [0, 0.05) is 22.4 Å². The number of halogens is 2. The van der Waals surface area contributed by atoms with Crippen molar-refractivity contribution in [2.45, 2.75) is 23.1 Å². The summed E-state index contributed by atoms with van der Waals surface area (Å²) < 4.78 is 24.2. The van der Waals surface area contributed by atoms with Crippen LogP contribution in [0.5, 0.6) is 0 Å². The van der Waals surface area contributed by atoms with Crippen LogP contribution in [0, 0.1) is 0 Å². The van der Waals surface area contributed by atoms with Crippen molar-refractivity contribution in [1.29, 1.82) is 0 Å². The van der Waals surface area contributed by atoms with E-state index in [1.165, 1.54) is 12.2 Å². The molecule has 1 aromatic carbocycles. The second-order valence-electron chi connectivity index (χ2n) is 3.61. The highest BCUT2D eigenvalue weighted by molar-refractivity contribution is 7.99. The number of hydrogen-bond donors (Lipinski definition) is 1. The molecule has 16 heavy (non-hydrogen) atoms. The Morgan fingerprint density at radius 2 is 2.06 bits per heavy atom. The molecule has 1 fully saturated rings. The molecule has 1 saturated heterocycles. The predicted molar refractivity (Wildman–Crippen MR) is 67.7 cm³/mol. The Hall–Kier alpha value is -0.420. The number of benzene rings is 1. The van der Waals surface area contributed by atoms with E-state index in [4.69, 9.17) is 0 Å². The van der Waals surface area contributed by atoms with Crippen LogP contribution in [0.4, 0.5) is 14.5 Å². The van der Waals surface area contributed by atoms with E-state index >= 15 is 0 Å². The fourth-order valence-electron chi connectivity index (χ4n) is 1.62. The van der Waals surface area contributed by atoms with Crippen molar-refractivity contribution in [2.75, 3.05) is 16.8 Å². The van der Waals surface area contributed by atoms with Gasteiger partial charge in [-0.2, -0.15) is 20.5 Å². The van der Waals surface area contributed by atoms with Crippen LogP contribution in [0.1, 0.15) is 6.42 Å². The van der Waals surface area contributed by atoms with E-state index in [1.54, 1.807) is 12.1 Å². The van der Waals surface area contributed by atoms with Crippen LogP contribution in [0.25, 0.3) is 0 Å². The topological polar surface area (TPSA) is 12.0 Å². The summed E-state index contributed by atoms with van der Waals surface area (Å²) in [6.45, 7) is 0. The van der Waals surface area contributed by atoms with E-state index in [-0.39, 0.29) is 0 Å². The third-order valence-corrected chi connectivity index (χ3v) is 4.26. The van der Waals surface area contributed by atoms with E-state index in [2.05, 4.69) is 5.32 Å². The molecule has 1 unspecified atom stereocenters. The largest absolute Gasteiger partial charge is 0.381 e. The first-order chi connectivity index (χ1) is 7.74. The summed E-state index contributed by atoms with van der Waals surface area (Å²) in [5, 5.41) is 3.40. The maximum atomic E-state index is 12.1. The third-order valence-electron chi connectivity index (χ3n) is 2.38. The van der Waals surface area contributed by atoms with Gasteiger partial charge in [0.05, 0.1) is 0 Å². The summed E-state index contributed by atoms with van der Waals surface area (Å²) in [5.74, 6) is -0.00474. The van der Waals surface area contributed by atoms with Crippen LogP contribution in [-0.4, -0.2) is 23.3 Å². The first kappa shape index (κ1) is 12.0. The van der Waals surface area contributed by atoms with Gasteiger partial charge in [-0.1, -0.05) is 11.8 Å². The zero-order valence-corrected chi connectivity index (χ0v) is 10.3. The summed E-state index contributed by atoms with van der Waals surface area (Å²) >= 11 is 2.53. The summed E-state index contributed by atoms with van der Waals surface area (Å²) in [6, 6.07) is 7.74. The summed E-state index contributed by atoms with van der Waals surface area (Å²) in [5.41, 5.74) is 1.02. The molecule has 2 rings (SSSR count). The average Bonchev–Trinajstić information content (AvgIpc) is 2.73. The molecule has 0 bridgehead atoms. The Morgan fingerprint density at radius 3 is 2.62 bits per heavy atom. The van der Waals surface area contributed by atoms with Crippen molar-refractivity contribution in [3.05, 3.63) is 24.3 Å². The minimum Gasteiger partial charge on any atom is -0.381 e. The number of hydrogen-bond acceptors (Lipinski definition) is 3. The lowest BCUT2D eigenvalue weighted by molar-refractivity contribution is 0.252. The first-order valence-electron chi connectivity index (χ1n) is 5.13. The molecule has 1 N–H and O–H groups in total. The normalized spacial score (nSPS) is 20.3. The second-order valence-corrected chi connectivity index (χ2v) is 5.82. The number of thioether (sulfide) groups is 2. The quantitative estimate of drug-likeness (QED) is 0.825. The third kappa shape index (κ3) is 3.56. The van der Waals surface area contributed by atoms with Gasteiger partial charge in [0.2, 0.25) is 0 Å². The molecule has 1 atom stereocenters. The Kier molecular flexibility index (Phi) is 4.35. The molecule has 88 valence electrons. The van der Waals surface area contributed by atoms with Crippen LogP contribution in [0.3, 0.4) is 0 Å². The zero-order valence-electron chi connectivity index (χ0n) is 8.66. The zero-order chi connectivity index (χ0) is 11.4. The van der Waals surface area contributed by atoms with E-state index < -0.39 is 5.76 Å². The van der Waals surface area contributed by atoms with Crippen molar-refractivity contribution in [2.24, 2.45) is 0 Å². The van der Waals surface area contributed by atoms with Crippen molar-refractivity contribution < 1.29 is 8.78 Å². The second kappa shape index (κ2) is 5.77. The molecule has 0 amide bonds. The number of alkyl halides is 2. The van der Waals surface area contributed by atoms with Crippen LogP contribution in [0.15, 0.2) is 29.2 Å². The fraction of sp³-hybridized carbons (Fsp3) is 0.455. The van der Waals surface area contributed by atoms with Gasteiger partial charge in [0.1, 0.15) is 0 Å². The molecule has 1 aliphatic rings. The minimum absolute atomic E-state index is 0.526.